The van der Waals surface area contributed by atoms with Gasteiger partial charge in [-0.3, -0.25) is 4.79 Å². The number of ether oxygens (including phenoxy) is 2. The normalized spacial score (nSPS) is 14.9. The van der Waals surface area contributed by atoms with Crippen LogP contribution < -0.4 is 9.46 Å². The summed E-state index contributed by atoms with van der Waals surface area (Å²) >= 11 is 0. The highest BCUT2D eigenvalue weighted by atomic mass is 32.2. The molecule has 2 aromatic carbocycles. The van der Waals surface area contributed by atoms with Gasteiger partial charge in [0.1, 0.15) is 11.5 Å². The summed E-state index contributed by atoms with van der Waals surface area (Å²) in [6.45, 7) is 2.58. The number of aryl methyl sites for hydroxylation is 1. The predicted molar refractivity (Wildman–Crippen MR) is 103 cm³/mol. The Morgan fingerprint density at radius 1 is 1.18 bits per heavy atom. The molecule has 0 saturated carbocycles. The lowest BCUT2D eigenvalue weighted by Gasteiger charge is -2.22. The van der Waals surface area contributed by atoms with E-state index in [0.717, 1.165) is 5.56 Å². The maximum absolute atomic E-state index is 12.3. The van der Waals surface area contributed by atoms with Crippen LogP contribution in [0, 0.1) is 18.3 Å². The lowest BCUT2D eigenvalue weighted by atomic mass is 10.1. The third-order valence-electron chi connectivity index (χ3n) is 4.49. The van der Waals surface area contributed by atoms with Crippen molar-refractivity contribution in [3.8, 4) is 17.6 Å². The average Bonchev–Trinajstić information content (AvgIpc) is 2.70. The monoisotopic (exact) mass is 400 g/mol. The second-order valence-electron chi connectivity index (χ2n) is 6.51. The number of nitrogens with zero attached hydrogens (tertiary/aromatic N) is 1. The standard InChI is InChI=1S/C20H20N2O5S/c1-14-12-15(13-21)2-7-19(14)27-17-5-3-16(4-6-17)20(23)22-28(24,25)18-8-10-26-11-9-18/h2-7,12,18H,8-11H2,1H3,(H,22,23). The zero-order valence-electron chi connectivity index (χ0n) is 15.3. The quantitative estimate of drug-likeness (QED) is 0.827. The van der Waals surface area contributed by atoms with Gasteiger partial charge < -0.3 is 9.47 Å². The molecule has 7 nitrogen and oxygen atoms in total. The van der Waals surface area contributed by atoms with E-state index < -0.39 is 21.2 Å². The smallest absolute Gasteiger partial charge is 0.264 e. The van der Waals surface area contributed by atoms with Gasteiger partial charge in [0, 0.05) is 18.8 Å². The molecule has 0 unspecified atom stereocenters. The molecule has 0 spiro atoms. The molecule has 1 fully saturated rings. The van der Waals surface area contributed by atoms with Crippen LogP contribution in [0.1, 0.15) is 34.3 Å². The number of benzene rings is 2. The van der Waals surface area contributed by atoms with Crippen molar-refractivity contribution in [2.24, 2.45) is 0 Å². The first-order valence-corrected chi connectivity index (χ1v) is 10.4. The van der Waals surface area contributed by atoms with Gasteiger partial charge in [0.05, 0.1) is 16.9 Å². The number of carbonyl (C=O) groups excluding carboxylic acids is 1. The first-order valence-electron chi connectivity index (χ1n) is 8.81. The number of hydrogen-bond acceptors (Lipinski definition) is 6. The van der Waals surface area contributed by atoms with E-state index in [1.807, 2.05) is 6.92 Å². The zero-order valence-corrected chi connectivity index (χ0v) is 16.2. The van der Waals surface area contributed by atoms with E-state index in [0.29, 0.717) is 43.1 Å². The van der Waals surface area contributed by atoms with Crippen molar-refractivity contribution in [2.75, 3.05) is 13.2 Å². The number of carbonyl (C=O) groups is 1. The molecule has 1 aliphatic heterocycles. The predicted octanol–water partition coefficient (Wildman–Crippen LogP) is 2.90. The Labute approximate surface area is 163 Å². The van der Waals surface area contributed by atoms with Crippen molar-refractivity contribution in [1.29, 1.82) is 5.26 Å². The number of sulfonamides is 1. The van der Waals surface area contributed by atoms with Crippen molar-refractivity contribution in [3.05, 3.63) is 59.2 Å². The van der Waals surface area contributed by atoms with Gasteiger partial charge in [-0.2, -0.15) is 5.26 Å². The first-order chi connectivity index (χ1) is 13.4. The molecule has 0 radical (unpaired) electrons. The summed E-state index contributed by atoms with van der Waals surface area (Å²) in [6.07, 6.45) is 0.749. The maximum atomic E-state index is 12.3. The van der Waals surface area contributed by atoms with Crippen LogP contribution in [0.15, 0.2) is 42.5 Å². The second kappa shape index (κ2) is 8.42. The molecule has 3 rings (SSSR count). The van der Waals surface area contributed by atoms with Crippen LogP contribution in [-0.4, -0.2) is 32.8 Å². The Morgan fingerprint density at radius 2 is 1.86 bits per heavy atom. The first kappa shape index (κ1) is 19.9. The van der Waals surface area contributed by atoms with Crippen molar-refractivity contribution < 1.29 is 22.7 Å². The third-order valence-corrected chi connectivity index (χ3v) is 6.31. The lowest BCUT2D eigenvalue weighted by molar-refractivity contribution is 0.0950. The SMILES string of the molecule is Cc1cc(C#N)ccc1Oc1ccc(C(=O)NS(=O)(=O)C2CCOCC2)cc1. The highest BCUT2D eigenvalue weighted by Crippen LogP contribution is 2.26. The lowest BCUT2D eigenvalue weighted by Crippen LogP contribution is -2.41. The van der Waals surface area contributed by atoms with Crippen molar-refractivity contribution in [1.82, 2.24) is 4.72 Å². The topological polar surface area (TPSA) is 105 Å². The molecule has 146 valence electrons. The number of nitrogens with one attached hydrogen (secondary N) is 1. The fourth-order valence-corrected chi connectivity index (χ4v) is 4.25. The van der Waals surface area contributed by atoms with E-state index in [2.05, 4.69) is 10.8 Å². The number of nitriles is 1. The number of rotatable bonds is 5. The molecule has 1 saturated heterocycles. The van der Waals surface area contributed by atoms with E-state index >= 15 is 0 Å². The molecule has 1 N–H and O–H groups in total. The second-order valence-corrected chi connectivity index (χ2v) is 8.47. The van der Waals surface area contributed by atoms with Crippen LogP contribution in [-0.2, 0) is 14.8 Å². The fourth-order valence-electron chi connectivity index (χ4n) is 2.89. The van der Waals surface area contributed by atoms with Gasteiger partial charge in [-0.1, -0.05) is 0 Å². The minimum Gasteiger partial charge on any atom is -0.457 e. The summed E-state index contributed by atoms with van der Waals surface area (Å²) in [5.41, 5.74) is 1.57. The summed E-state index contributed by atoms with van der Waals surface area (Å²) in [5.74, 6) is 0.419. The van der Waals surface area contributed by atoms with Crippen LogP contribution in [0.3, 0.4) is 0 Å². The molecule has 0 bridgehead atoms. The van der Waals surface area contributed by atoms with E-state index in [9.17, 15) is 13.2 Å². The molecule has 2 aromatic rings. The van der Waals surface area contributed by atoms with E-state index in [1.54, 1.807) is 30.3 Å². The van der Waals surface area contributed by atoms with Gasteiger partial charge in [0.15, 0.2) is 0 Å². The summed E-state index contributed by atoms with van der Waals surface area (Å²) in [7, 11) is -3.74. The van der Waals surface area contributed by atoms with Crippen LogP contribution in [0.2, 0.25) is 0 Å². The van der Waals surface area contributed by atoms with Gasteiger partial charge in [-0.05, 0) is 67.8 Å². The third kappa shape index (κ3) is 4.68. The average molecular weight is 400 g/mol. The van der Waals surface area contributed by atoms with E-state index in [4.69, 9.17) is 14.7 Å². The van der Waals surface area contributed by atoms with Crippen LogP contribution in [0.25, 0.3) is 0 Å². The Balaban J connectivity index is 1.67. The van der Waals surface area contributed by atoms with Crippen molar-refractivity contribution in [2.45, 2.75) is 25.0 Å². The number of amides is 1. The maximum Gasteiger partial charge on any atom is 0.264 e. The molecular weight excluding hydrogens is 380 g/mol. The zero-order chi connectivity index (χ0) is 20.1. The van der Waals surface area contributed by atoms with Crippen LogP contribution in [0.4, 0.5) is 0 Å². The fraction of sp³-hybridized carbons (Fsp3) is 0.300. The molecule has 28 heavy (non-hydrogen) atoms. The molecule has 0 aliphatic carbocycles. The van der Waals surface area contributed by atoms with E-state index in [1.165, 1.54) is 12.1 Å². The van der Waals surface area contributed by atoms with Gasteiger partial charge >= 0.3 is 0 Å². The Kier molecular flexibility index (Phi) is 5.97. The molecule has 0 aromatic heterocycles. The molecule has 8 heteroatoms. The van der Waals surface area contributed by atoms with Gasteiger partial charge in [0.2, 0.25) is 10.0 Å². The minimum atomic E-state index is -3.74. The summed E-state index contributed by atoms with van der Waals surface area (Å²) in [6, 6.07) is 13.3. The van der Waals surface area contributed by atoms with Gasteiger partial charge in [-0.25, -0.2) is 13.1 Å². The Morgan fingerprint density at radius 3 is 2.46 bits per heavy atom. The number of hydrogen-bond donors (Lipinski definition) is 1. The highest BCUT2D eigenvalue weighted by molar-refractivity contribution is 7.90. The molecular formula is C20H20N2O5S. The molecule has 1 amide bonds. The highest BCUT2D eigenvalue weighted by Gasteiger charge is 2.29. The Hall–Kier alpha value is -2.89. The summed E-state index contributed by atoms with van der Waals surface area (Å²) < 4.78 is 37.7. The van der Waals surface area contributed by atoms with Crippen molar-refractivity contribution >= 4 is 15.9 Å². The summed E-state index contributed by atoms with van der Waals surface area (Å²) in [4.78, 5) is 12.3. The summed E-state index contributed by atoms with van der Waals surface area (Å²) in [5, 5.41) is 8.29. The molecule has 1 aliphatic rings. The van der Waals surface area contributed by atoms with Crippen LogP contribution in [0.5, 0.6) is 11.5 Å². The molecule has 0 atom stereocenters. The largest absolute Gasteiger partial charge is 0.457 e. The molecule has 1 heterocycles. The van der Waals surface area contributed by atoms with Crippen molar-refractivity contribution in [3.63, 3.8) is 0 Å². The minimum absolute atomic E-state index is 0.222. The van der Waals surface area contributed by atoms with Gasteiger partial charge in [0.25, 0.3) is 5.91 Å². The van der Waals surface area contributed by atoms with Gasteiger partial charge in [-0.15, -0.1) is 0 Å². The van der Waals surface area contributed by atoms with Crippen LogP contribution >= 0.6 is 0 Å². The Bertz CT molecular complexity index is 1000. The van der Waals surface area contributed by atoms with E-state index in [-0.39, 0.29) is 5.56 Å².